The molecule has 0 heterocycles. The van der Waals surface area contributed by atoms with Gasteiger partial charge in [0.2, 0.25) is 5.91 Å². The van der Waals surface area contributed by atoms with Crippen LogP contribution in [0.3, 0.4) is 0 Å². The second kappa shape index (κ2) is 5.06. The van der Waals surface area contributed by atoms with E-state index in [4.69, 9.17) is 10.5 Å². The molecule has 1 amide bonds. The number of hydrogen-bond donors (Lipinski definition) is 2. The molecule has 18 heavy (non-hydrogen) atoms. The number of nitrogens with one attached hydrogen (secondary N) is 1. The van der Waals surface area contributed by atoms with E-state index in [1.54, 1.807) is 20.1 Å². The van der Waals surface area contributed by atoms with Gasteiger partial charge >= 0.3 is 0 Å². The van der Waals surface area contributed by atoms with Crippen molar-refractivity contribution in [1.29, 1.82) is 0 Å². The summed E-state index contributed by atoms with van der Waals surface area (Å²) < 4.78 is 5.33. The molecule has 0 saturated carbocycles. The van der Waals surface area contributed by atoms with Crippen LogP contribution < -0.4 is 15.8 Å². The molecule has 4 heteroatoms. The number of hydrogen-bond acceptors (Lipinski definition) is 3. The van der Waals surface area contributed by atoms with Crippen molar-refractivity contribution in [2.75, 3.05) is 12.4 Å². The molecule has 3 N–H and O–H groups in total. The summed E-state index contributed by atoms with van der Waals surface area (Å²) in [5.74, 6) is 0.514. The minimum Gasteiger partial charge on any atom is -0.496 e. The first-order valence-electron chi connectivity index (χ1n) is 5.75. The molecule has 2 aromatic carbocycles. The molecule has 0 saturated heterocycles. The normalized spacial score (nSPS) is 12.2. The van der Waals surface area contributed by atoms with Crippen LogP contribution >= 0.6 is 0 Å². The average molecular weight is 244 g/mol. The highest BCUT2D eigenvalue weighted by atomic mass is 16.5. The van der Waals surface area contributed by atoms with Gasteiger partial charge in [-0.25, -0.2) is 0 Å². The van der Waals surface area contributed by atoms with Crippen LogP contribution in [-0.2, 0) is 4.79 Å². The van der Waals surface area contributed by atoms with Gasteiger partial charge in [0, 0.05) is 17.1 Å². The number of methoxy groups -OCH3 is 1. The van der Waals surface area contributed by atoms with E-state index in [1.165, 1.54) is 0 Å². The molecule has 0 fully saturated rings. The maximum Gasteiger partial charge on any atom is 0.241 e. The second-order valence-corrected chi connectivity index (χ2v) is 4.18. The van der Waals surface area contributed by atoms with Crippen molar-refractivity contribution in [2.24, 2.45) is 5.73 Å². The Morgan fingerprint density at radius 1 is 1.33 bits per heavy atom. The van der Waals surface area contributed by atoms with Crippen LogP contribution in [0.1, 0.15) is 6.92 Å². The van der Waals surface area contributed by atoms with E-state index in [2.05, 4.69) is 5.32 Å². The summed E-state index contributed by atoms with van der Waals surface area (Å²) in [7, 11) is 1.61. The first kappa shape index (κ1) is 12.4. The van der Waals surface area contributed by atoms with Gasteiger partial charge in [-0.05, 0) is 18.4 Å². The fourth-order valence-corrected chi connectivity index (χ4v) is 1.77. The number of nitrogens with two attached hydrogens (primary N) is 1. The van der Waals surface area contributed by atoms with Gasteiger partial charge < -0.3 is 15.8 Å². The molecule has 4 nitrogen and oxygen atoms in total. The summed E-state index contributed by atoms with van der Waals surface area (Å²) in [5, 5.41) is 4.79. The lowest BCUT2D eigenvalue weighted by Crippen LogP contribution is -2.32. The number of carbonyl (C=O) groups is 1. The lowest BCUT2D eigenvalue weighted by molar-refractivity contribution is -0.117. The smallest absolute Gasteiger partial charge is 0.241 e. The van der Waals surface area contributed by atoms with E-state index in [1.807, 2.05) is 30.3 Å². The Morgan fingerprint density at radius 3 is 2.72 bits per heavy atom. The predicted molar refractivity (Wildman–Crippen MR) is 72.8 cm³/mol. The number of benzene rings is 2. The molecule has 2 aromatic rings. The molecule has 0 aliphatic carbocycles. The molecule has 2 rings (SSSR count). The minimum absolute atomic E-state index is 0.215. The minimum atomic E-state index is -0.539. The predicted octanol–water partition coefficient (Wildman–Crippen LogP) is 2.13. The summed E-state index contributed by atoms with van der Waals surface area (Å²) in [6, 6.07) is 11.0. The molecule has 0 aliphatic heterocycles. The van der Waals surface area contributed by atoms with Crippen LogP contribution in [0.25, 0.3) is 10.8 Å². The highest BCUT2D eigenvalue weighted by Crippen LogP contribution is 2.29. The van der Waals surface area contributed by atoms with Crippen LogP contribution in [-0.4, -0.2) is 19.1 Å². The van der Waals surface area contributed by atoms with Crippen LogP contribution in [0.2, 0.25) is 0 Å². The number of carbonyl (C=O) groups excluding carboxylic acids is 1. The topological polar surface area (TPSA) is 64.3 Å². The van der Waals surface area contributed by atoms with E-state index < -0.39 is 6.04 Å². The van der Waals surface area contributed by atoms with E-state index in [9.17, 15) is 4.79 Å². The quantitative estimate of drug-likeness (QED) is 0.869. The summed E-state index contributed by atoms with van der Waals surface area (Å²) >= 11 is 0. The van der Waals surface area contributed by atoms with Gasteiger partial charge in [-0.3, -0.25) is 4.79 Å². The summed E-state index contributed by atoms with van der Waals surface area (Å²) in [5.41, 5.74) is 6.21. The van der Waals surface area contributed by atoms with Crippen molar-refractivity contribution in [3.63, 3.8) is 0 Å². The number of ether oxygens (including phenoxy) is 1. The van der Waals surface area contributed by atoms with Crippen molar-refractivity contribution in [3.8, 4) is 5.75 Å². The Bertz CT molecular complexity index is 579. The average Bonchev–Trinajstić information content (AvgIpc) is 2.37. The van der Waals surface area contributed by atoms with E-state index in [0.29, 0.717) is 5.69 Å². The van der Waals surface area contributed by atoms with Crippen molar-refractivity contribution in [2.45, 2.75) is 13.0 Å². The van der Waals surface area contributed by atoms with Crippen molar-refractivity contribution in [1.82, 2.24) is 0 Å². The number of amides is 1. The Labute approximate surface area is 106 Å². The zero-order valence-electron chi connectivity index (χ0n) is 10.4. The van der Waals surface area contributed by atoms with Gasteiger partial charge in [0.15, 0.2) is 0 Å². The first-order chi connectivity index (χ1) is 8.61. The molecule has 0 unspecified atom stereocenters. The first-order valence-corrected chi connectivity index (χ1v) is 5.75. The maximum absolute atomic E-state index is 11.6. The van der Waals surface area contributed by atoms with Crippen molar-refractivity contribution in [3.05, 3.63) is 36.4 Å². The molecule has 0 aliphatic rings. The molecular formula is C14H16N2O2. The molecule has 1 atom stereocenters. The third-order valence-electron chi connectivity index (χ3n) is 2.72. The van der Waals surface area contributed by atoms with Crippen molar-refractivity contribution >= 4 is 22.4 Å². The summed E-state index contributed by atoms with van der Waals surface area (Å²) in [4.78, 5) is 11.6. The molecule has 94 valence electrons. The summed E-state index contributed by atoms with van der Waals surface area (Å²) in [6.45, 7) is 1.65. The Morgan fingerprint density at radius 2 is 2.06 bits per heavy atom. The van der Waals surface area contributed by atoms with Gasteiger partial charge in [0.1, 0.15) is 5.75 Å². The number of fused-ring (bicyclic) bond motifs is 1. The number of rotatable bonds is 3. The van der Waals surface area contributed by atoms with Crippen LogP contribution in [0, 0.1) is 0 Å². The molecule has 0 spiro atoms. The van der Waals surface area contributed by atoms with Gasteiger partial charge in [-0.2, -0.15) is 0 Å². The van der Waals surface area contributed by atoms with Gasteiger partial charge in [0.25, 0.3) is 0 Å². The van der Waals surface area contributed by atoms with Crippen LogP contribution in [0.4, 0.5) is 5.69 Å². The Hall–Kier alpha value is -2.07. The number of anilines is 1. The maximum atomic E-state index is 11.6. The fourth-order valence-electron chi connectivity index (χ4n) is 1.77. The van der Waals surface area contributed by atoms with Gasteiger partial charge in [0.05, 0.1) is 13.2 Å². The lowest BCUT2D eigenvalue weighted by atomic mass is 10.1. The molecule has 0 bridgehead atoms. The molecular weight excluding hydrogens is 228 g/mol. The second-order valence-electron chi connectivity index (χ2n) is 4.18. The molecule has 0 radical (unpaired) electrons. The standard InChI is InChI=1S/C14H16N2O2/c1-9(15)14(17)16-11-7-10-5-3-4-6-12(10)13(8-11)18-2/h3-9H,15H2,1-2H3,(H,16,17)/t9-/m0/s1. The largest absolute Gasteiger partial charge is 0.496 e. The van der Waals surface area contributed by atoms with E-state index >= 15 is 0 Å². The fraction of sp³-hybridized carbons (Fsp3) is 0.214. The third-order valence-corrected chi connectivity index (χ3v) is 2.72. The highest BCUT2D eigenvalue weighted by molar-refractivity contribution is 5.98. The van der Waals surface area contributed by atoms with Gasteiger partial charge in [-0.15, -0.1) is 0 Å². The van der Waals surface area contributed by atoms with Crippen LogP contribution in [0.5, 0.6) is 5.75 Å². The monoisotopic (exact) mass is 244 g/mol. The molecule has 0 aromatic heterocycles. The van der Waals surface area contributed by atoms with Crippen LogP contribution in [0.15, 0.2) is 36.4 Å². The highest BCUT2D eigenvalue weighted by Gasteiger charge is 2.10. The Kier molecular flexibility index (Phi) is 3.48. The SMILES string of the molecule is COc1cc(NC(=O)[C@H](C)N)cc2ccccc12. The van der Waals surface area contributed by atoms with Crippen molar-refractivity contribution < 1.29 is 9.53 Å². The Balaban J connectivity index is 2.44. The third kappa shape index (κ3) is 2.43. The zero-order valence-corrected chi connectivity index (χ0v) is 10.4. The van der Waals surface area contributed by atoms with E-state index in [-0.39, 0.29) is 5.91 Å². The summed E-state index contributed by atoms with van der Waals surface area (Å²) in [6.07, 6.45) is 0. The lowest BCUT2D eigenvalue weighted by Gasteiger charge is -2.11. The zero-order chi connectivity index (χ0) is 13.1. The van der Waals surface area contributed by atoms with Gasteiger partial charge in [-0.1, -0.05) is 24.3 Å². The van der Waals surface area contributed by atoms with E-state index in [0.717, 1.165) is 16.5 Å².